The fraction of sp³-hybridized carbons (Fsp3) is 0.138. The first-order valence-electron chi connectivity index (χ1n) is 11.4. The van der Waals surface area contributed by atoms with Gasteiger partial charge in [-0.05, 0) is 42.0 Å². The quantitative estimate of drug-likeness (QED) is 0.284. The molecule has 4 aromatic rings. The third kappa shape index (κ3) is 5.50. The molecule has 0 bridgehead atoms. The van der Waals surface area contributed by atoms with Crippen molar-refractivity contribution in [2.75, 3.05) is 25.5 Å². The summed E-state index contributed by atoms with van der Waals surface area (Å²) in [5.74, 6) is -0.533. The number of benzene rings is 4. The molecule has 4 rings (SSSR count). The molecule has 0 N–H and O–H groups in total. The van der Waals surface area contributed by atoms with Gasteiger partial charge in [0.2, 0.25) is 10.0 Å². The highest BCUT2D eigenvalue weighted by Crippen LogP contribution is 2.31. The van der Waals surface area contributed by atoms with Crippen molar-refractivity contribution in [3.63, 3.8) is 0 Å². The van der Waals surface area contributed by atoms with Crippen LogP contribution in [0.5, 0.6) is 0 Å². The van der Waals surface area contributed by atoms with Crippen molar-refractivity contribution in [1.29, 1.82) is 0 Å². The number of carbonyl (C=O) groups excluding carboxylic acids is 1. The van der Waals surface area contributed by atoms with E-state index in [0.29, 0.717) is 12.1 Å². The maximum Gasteiger partial charge on any atom is 0.242 e. The number of rotatable bonds is 9. The minimum atomic E-state index is -3.57. The zero-order valence-electron chi connectivity index (χ0n) is 19.8. The minimum absolute atomic E-state index is 0.0677. The molecule has 0 amide bonds. The molecule has 4 aromatic carbocycles. The zero-order chi connectivity index (χ0) is 24.8. The van der Waals surface area contributed by atoms with Gasteiger partial charge in [-0.2, -0.15) is 0 Å². The lowest BCUT2D eigenvalue weighted by Gasteiger charge is -2.29. The van der Waals surface area contributed by atoms with E-state index >= 15 is 0 Å². The van der Waals surface area contributed by atoms with E-state index in [0.717, 1.165) is 21.2 Å². The van der Waals surface area contributed by atoms with Gasteiger partial charge in [-0.15, -0.1) is 0 Å². The van der Waals surface area contributed by atoms with Gasteiger partial charge in [0.25, 0.3) is 0 Å². The molecule has 0 saturated carbocycles. The van der Waals surface area contributed by atoms with Crippen molar-refractivity contribution in [1.82, 2.24) is 4.31 Å². The number of hydrogen-bond donors (Lipinski definition) is 0. The van der Waals surface area contributed by atoms with Crippen molar-refractivity contribution in [3.8, 4) is 0 Å². The molecule has 0 aliphatic heterocycles. The van der Waals surface area contributed by atoms with Crippen LogP contribution < -0.4 is 4.90 Å². The number of hydrogen-bond acceptors (Lipinski definition) is 4. The second-order valence-corrected chi connectivity index (χ2v) is 10.6. The van der Waals surface area contributed by atoms with E-state index in [2.05, 4.69) is 4.90 Å². The van der Waals surface area contributed by atoms with Crippen molar-refractivity contribution in [2.45, 2.75) is 10.8 Å². The van der Waals surface area contributed by atoms with E-state index < -0.39 is 15.9 Å². The Morgan fingerprint density at radius 2 is 1.14 bits per heavy atom. The molecule has 0 radical (unpaired) electrons. The summed E-state index contributed by atoms with van der Waals surface area (Å²) in [6, 6.07) is 35.9. The first kappa shape index (κ1) is 24.4. The van der Waals surface area contributed by atoms with Crippen LogP contribution >= 0.6 is 0 Å². The molecule has 1 unspecified atom stereocenters. The van der Waals surface area contributed by atoms with Crippen molar-refractivity contribution < 1.29 is 13.2 Å². The summed E-state index contributed by atoms with van der Waals surface area (Å²) in [6.45, 7) is 0.425. The summed E-state index contributed by atoms with van der Waals surface area (Å²) in [5.41, 5.74) is 3.34. The maximum absolute atomic E-state index is 13.9. The molecule has 0 aromatic heterocycles. The summed E-state index contributed by atoms with van der Waals surface area (Å²) >= 11 is 0. The molecule has 178 valence electrons. The predicted molar refractivity (Wildman–Crippen MR) is 141 cm³/mol. The van der Waals surface area contributed by atoms with Crippen molar-refractivity contribution in [3.05, 3.63) is 126 Å². The Kier molecular flexibility index (Phi) is 7.44. The second-order valence-electron chi connectivity index (χ2n) is 8.42. The molecule has 0 fully saturated rings. The molecule has 0 aliphatic rings. The number of ketones is 1. The third-order valence-electron chi connectivity index (χ3n) is 5.94. The zero-order valence-corrected chi connectivity index (χ0v) is 20.6. The largest absolute Gasteiger partial charge is 0.340 e. The Hall–Kier alpha value is -3.74. The van der Waals surface area contributed by atoms with Gasteiger partial charge in [0.15, 0.2) is 5.78 Å². The summed E-state index contributed by atoms with van der Waals surface area (Å²) in [6.07, 6.45) is 0. The predicted octanol–water partition coefficient (Wildman–Crippen LogP) is 5.74. The SMILES string of the molecule is CN(C)S(=O)(=O)c1ccc(C(=O)C(CN(c2ccccc2)c2ccccc2)c2ccccc2)cc1. The Balaban J connectivity index is 1.73. The first-order valence-corrected chi connectivity index (χ1v) is 12.8. The van der Waals surface area contributed by atoms with Gasteiger partial charge in [-0.25, -0.2) is 12.7 Å². The maximum atomic E-state index is 13.9. The van der Waals surface area contributed by atoms with Crippen molar-refractivity contribution in [2.24, 2.45) is 0 Å². The van der Waals surface area contributed by atoms with E-state index in [1.165, 1.54) is 26.2 Å². The van der Waals surface area contributed by atoms with Crippen LogP contribution in [-0.2, 0) is 10.0 Å². The smallest absolute Gasteiger partial charge is 0.242 e. The van der Waals surface area contributed by atoms with Gasteiger partial charge in [0, 0.05) is 37.6 Å². The normalized spacial score (nSPS) is 12.3. The Labute approximate surface area is 207 Å². The lowest BCUT2D eigenvalue weighted by Crippen LogP contribution is -2.29. The number of nitrogens with zero attached hydrogens (tertiary/aromatic N) is 2. The average Bonchev–Trinajstić information content (AvgIpc) is 2.90. The monoisotopic (exact) mass is 484 g/mol. The highest BCUT2D eigenvalue weighted by atomic mass is 32.2. The standard InChI is InChI=1S/C29H28N2O3S/c1-30(2)35(33,34)27-20-18-24(19-21-27)29(32)28(23-12-6-3-7-13-23)22-31(25-14-8-4-9-15-25)26-16-10-5-11-17-26/h3-21,28H,22H2,1-2H3. The summed E-state index contributed by atoms with van der Waals surface area (Å²) in [7, 11) is -0.594. The fourth-order valence-electron chi connectivity index (χ4n) is 3.99. The van der Waals surface area contributed by atoms with Crippen LogP contribution in [0, 0.1) is 0 Å². The van der Waals surface area contributed by atoms with Crippen molar-refractivity contribution >= 4 is 27.2 Å². The van der Waals surface area contributed by atoms with Gasteiger partial charge in [-0.3, -0.25) is 4.79 Å². The van der Waals surface area contributed by atoms with Crippen LogP contribution in [0.1, 0.15) is 21.8 Å². The lowest BCUT2D eigenvalue weighted by molar-refractivity contribution is 0.0962. The van der Waals surface area contributed by atoms with Gasteiger partial charge < -0.3 is 4.90 Å². The van der Waals surface area contributed by atoms with E-state index in [-0.39, 0.29) is 10.7 Å². The molecule has 0 aliphatic carbocycles. The third-order valence-corrected chi connectivity index (χ3v) is 7.77. The summed E-state index contributed by atoms with van der Waals surface area (Å²) in [4.78, 5) is 16.1. The van der Waals surface area contributed by atoms with Crippen LogP contribution in [0.2, 0.25) is 0 Å². The van der Waals surface area contributed by atoms with E-state index in [9.17, 15) is 13.2 Å². The molecule has 5 nitrogen and oxygen atoms in total. The number of Topliss-reactive ketones (excluding diaryl/α,β-unsaturated/α-hetero) is 1. The van der Waals surface area contributed by atoms with Crippen LogP contribution in [0.25, 0.3) is 0 Å². The highest BCUT2D eigenvalue weighted by molar-refractivity contribution is 7.89. The summed E-state index contributed by atoms with van der Waals surface area (Å²) < 4.78 is 26.1. The van der Waals surface area contributed by atoms with Crippen LogP contribution in [0.4, 0.5) is 11.4 Å². The highest BCUT2D eigenvalue weighted by Gasteiger charge is 2.26. The van der Waals surface area contributed by atoms with Crippen LogP contribution in [-0.4, -0.2) is 39.1 Å². The fourth-order valence-corrected chi connectivity index (χ4v) is 4.89. The Morgan fingerprint density at radius 3 is 1.60 bits per heavy atom. The van der Waals surface area contributed by atoms with Crippen LogP contribution in [0.15, 0.2) is 120 Å². The molecule has 0 saturated heterocycles. The van der Waals surface area contributed by atoms with Gasteiger partial charge >= 0.3 is 0 Å². The van der Waals surface area contributed by atoms with Gasteiger partial charge in [0.1, 0.15) is 0 Å². The number of anilines is 2. The molecule has 35 heavy (non-hydrogen) atoms. The second kappa shape index (κ2) is 10.7. The van der Waals surface area contributed by atoms with Gasteiger partial charge in [0.05, 0.1) is 10.8 Å². The Bertz CT molecular complexity index is 1320. The molecule has 0 heterocycles. The molecular formula is C29H28N2O3S. The van der Waals surface area contributed by atoms with E-state index in [4.69, 9.17) is 0 Å². The topological polar surface area (TPSA) is 57.7 Å². The molecule has 0 spiro atoms. The number of para-hydroxylation sites is 2. The Morgan fingerprint density at radius 1 is 0.686 bits per heavy atom. The summed E-state index contributed by atoms with van der Waals surface area (Å²) in [5, 5.41) is 0. The van der Waals surface area contributed by atoms with Crippen LogP contribution in [0.3, 0.4) is 0 Å². The number of carbonyl (C=O) groups is 1. The van der Waals surface area contributed by atoms with E-state index in [1.807, 2.05) is 91.0 Å². The minimum Gasteiger partial charge on any atom is -0.340 e. The molecule has 6 heteroatoms. The first-order chi connectivity index (χ1) is 16.9. The molecular weight excluding hydrogens is 456 g/mol. The number of sulfonamides is 1. The molecule has 1 atom stereocenters. The lowest BCUT2D eigenvalue weighted by atomic mass is 9.89. The van der Waals surface area contributed by atoms with E-state index in [1.54, 1.807) is 12.1 Å². The average molecular weight is 485 g/mol. The van der Waals surface area contributed by atoms with Gasteiger partial charge in [-0.1, -0.05) is 78.9 Å².